The van der Waals surface area contributed by atoms with E-state index in [4.69, 9.17) is 9.47 Å². The van der Waals surface area contributed by atoms with Crippen LogP contribution in [0.5, 0.6) is 0 Å². The zero-order valence-electron chi connectivity index (χ0n) is 12.2. The Balaban J connectivity index is 4.43. The van der Waals surface area contributed by atoms with E-state index in [0.717, 1.165) is 6.26 Å². The first-order valence-electron chi connectivity index (χ1n) is 6.03. The number of carbonyl (C=O) groups excluding carboxylic acids is 1. The van der Waals surface area contributed by atoms with Crippen molar-refractivity contribution in [2.24, 2.45) is 0 Å². The van der Waals surface area contributed by atoms with Crippen LogP contribution in [0, 0.1) is 0 Å². The Labute approximate surface area is 115 Å². The maximum atomic E-state index is 11.3. The molecule has 7 nitrogen and oxygen atoms in total. The van der Waals surface area contributed by atoms with Crippen molar-refractivity contribution in [3.8, 4) is 0 Å². The van der Waals surface area contributed by atoms with E-state index < -0.39 is 22.1 Å². The van der Waals surface area contributed by atoms with Crippen molar-refractivity contribution in [2.45, 2.75) is 26.1 Å². The lowest BCUT2D eigenvalue weighted by atomic mass is 10.3. The topological polar surface area (TPSA) is 84.9 Å². The lowest BCUT2D eigenvalue weighted by Crippen LogP contribution is -2.39. The van der Waals surface area contributed by atoms with E-state index in [9.17, 15) is 13.2 Å². The Morgan fingerprint density at radius 1 is 1.37 bits per heavy atom. The molecule has 0 unspecified atom stereocenters. The number of sulfonamides is 1. The molecule has 0 spiro atoms. The molecule has 0 aliphatic heterocycles. The summed E-state index contributed by atoms with van der Waals surface area (Å²) in [4.78, 5) is 11.2. The van der Waals surface area contributed by atoms with Crippen LogP contribution in [0.3, 0.4) is 0 Å². The van der Waals surface area contributed by atoms with E-state index in [0.29, 0.717) is 0 Å². The van der Waals surface area contributed by atoms with E-state index >= 15 is 0 Å². The minimum atomic E-state index is -3.28. The van der Waals surface area contributed by atoms with Gasteiger partial charge in [-0.1, -0.05) is 0 Å². The quantitative estimate of drug-likeness (QED) is 0.574. The van der Waals surface area contributed by atoms with Gasteiger partial charge in [0.2, 0.25) is 10.0 Å². The Kier molecular flexibility index (Phi) is 8.15. The van der Waals surface area contributed by atoms with Crippen LogP contribution in [0.2, 0.25) is 0 Å². The summed E-state index contributed by atoms with van der Waals surface area (Å²) in [6.45, 7) is 3.95. The molecular weight excluding hydrogens is 272 g/mol. The number of ether oxygens (including phenoxy) is 2. The van der Waals surface area contributed by atoms with E-state index in [2.05, 4.69) is 5.32 Å². The Hall–Kier alpha value is -0.700. The summed E-state index contributed by atoms with van der Waals surface area (Å²) in [5.41, 5.74) is 0. The first-order chi connectivity index (χ1) is 8.66. The van der Waals surface area contributed by atoms with Crippen LogP contribution in [-0.2, 0) is 24.3 Å². The van der Waals surface area contributed by atoms with Crippen LogP contribution < -0.4 is 5.32 Å². The zero-order valence-corrected chi connectivity index (χ0v) is 13.0. The monoisotopic (exact) mass is 296 g/mol. The summed E-state index contributed by atoms with van der Waals surface area (Å²) in [6, 6.07) is 0. The second-order valence-electron chi connectivity index (χ2n) is 4.56. The number of carbonyl (C=O) groups is 1. The number of likely N-dealkylation sites (N-methyl/N-ethyl adjacent to an activating group) is 2. The highest BCUT2D eigenvalue weighted by molar-refractivity contribution is 7.88. The maximum Gasteiger partial charge on any atom is 0.320 e. The molecule has 0 aliphatic rings. The highest BCUT2D eigenvalue weighted by atomic mass is 32.2. The molecule has 8 heteroatoms. The number of hydrogen-bond acceptors (Lipinski definition) is 6. The number of rotatable bonds is 9. The van der Waals surface area contributed by atoms with Gasteiger partial charge in [0.05, 0.1) is 18.9 Å². The van der Waals surface area contributed by atoms with Gasteiger partial charge in [0.1, 0.15) is 12.7 Å². The first-order valence-corrected chi connectivity index (χ1v) is 7.88. The molecule has 0 aromatic heterocycles. The maximum absolute atomic E-state index is 11.3. The van der Waals surface area contributed by atoms with Crippen molar-refractivity contribution in [1.82, 2.24) is 9.62 Å². The summed E-state index contributed by atoms with van der Waals surface area (Å²) >= 11 is 0. The van der Waals surface area contributed by atoms with Crippen molar-refractivity contribution in [1.29, 1.82) is 0 Å². The van der Waals surface area contributed by atoms with Gasteiger partial charge in [-0.05, 0) is 20.9 Å². The lowest BCUT2D eigenvalue weighted by molar-refractivity contribution is -0.148. The third-order valence-corrected chi connectivity index (χ3v) is 3.52. The number of hydrogen-bond donors (Lipinski definition) is 1. The van der Waals surface area contributed by atoms with Crippen LogP contribution in [0.25, 0.3) is 0 Å². The van der Waals surface area contributed by atoms with Gasteiger partial charge in [-0.2, -0.15) is 0 Å². The predicted molar refractivity (Wildman–Crippen MR) is 72.4 cm³/mol. The molecule has 114 valence electrons. The summed E-state index contributed by atoms with van der Waals surface area (Å²) in [7, 11) is -0.183. The second kappa shape index (κ2) is 8.47. The predicted octanol–water partition coefficient (Wildman–Crippen LogP) is -0.566. The highest BCUT2D eigenvalue weighted by Crippen LogP contribution is 2.04. The number of esters is 1. The molecule has 0 aromatic rings. The fourth-order valence-corrected chi connectivity index (χ4v) is 1.76. The number of nitrogens with one attached hydrogen (secondary N) is 1. The lowest BCUT2D eigenvalue weighted by Gasteiger charge is -2.24. The van der Waals surface area contributed by atoms with Gasteiger partial charge in [-0.15, -0.1) is 0 Å². The van der Waals surface area contributed by atoms with Crippen LogP contribution in [-0.4, -0.2) is 70.9 Å². The second-order valence-corrected chi connectivity index (χ2v) is 6.65. The van der Waals surface area contributed by atoms with E-state index in [1.54, 1.807) is 7.05 Å². The van der Waals surface area contributed by atoms with Crippen LogP contribution in [0.15, 0.2) is 0 Å². The molecule has 0 aliphatic carbocycles. The molecule has 1 N–H and O–H groups in total. The van der Waals surface area contributed by atoms with Crippen molar-refractivity contribution in [3.63, 3.8) is 0 Å². The van der Waals surface area contributed by atoms with Gasteiger partial charge in [0.15, 0.2) is 0 Å². The molecule has 0 rings (SSSR count). The molecule has 19 heavy (non-hydrogen) atoms. The molecule has 0 saturated carbocycles. The minimum Gasteiger partial charge on any atom is -0.462 e. The largest absolute Gasteiger partial charge is 0.462 e. The van der Waals surface area contributed by atoms with Crippen LogP contribution >= 0.6 is 0 Å². The van der Waals surface area contributed by atoms with Gasteiger partial charge in [0.25, 0.3) is 0 Å². The summed E-state index contributed by atoms with van der Waals surface area (Å²) in [6.07, 6.45) is 0.549. The molecular formula is C11H24N2O5S. The van der Waals surface area contributed by atoms with Crippen molar-refractivity contribution < 1.29 is 22.7 Å². The van der Waals surface area contributed by atoms with Gasteiger partial charge in [-0.25, -0.2) is 12.7 Å². The zero-order chi connectivity index (χ0) is 15.1. The Morgan fingerprint density at radius 2 is 1.95 bits per heavy atom. The number of nitrogens with zero attached hydrogens (tertiary/aromatic N) is 1. The molecule has 0 heterocycles. The van der Waals surface area contributed by atoms with Gasteiger partial charge in [0, 0.05) is 13.6 Å². The third-order valence-electron chi connectivity index (χ3n) is 2.24. The van der Waals surface area contributed by atoms with Gasteiger partial charge < -0.3 is 14.8 Å². The molecule has 1 atom stereocenters. The normalized spacial score (nSPS) is 13.8. The molecule has 0 radical (unpaired) electrons. The van der Waals surface area contributed by atoms with Crippen LogP contribution in [0.1, 0.15) is 13.8 Å². The molecule has 0 fully saturated rings. The minimum absolute atomic E-state index is 0.0263. The Bertz CT molecular complexity index is 369. The summed E-state index contributed by atoms with van der Waals surface area (Å²) < 4.78 is 34.4. The molecule has 0 saturated heterocycles. The third kappa shape index (κ3) is 8.93. The highest BCUT2D eigenvalue weighted by Gasteiger charge is 2.20. The summed E-state index contributed by atoms with van der Waals surface area (Å²) in [5, 5.41) is 2.68. The van der Waals surface area contributed by atoms with Gasteiger partial charge in [-0.3, -0.25) is 4.79 Å². The smallest absolute Gasteiger partial charge is 0.320 e. The Morgan fingerprint density at radius 3 is 2.37 bits per heavy atom. The molecule has 0 amide bonds. The van der Waals surface area contributed by atoms with Gasteiger partial charge >= 0.3 is 5.97 Å². The van der Waals surface area contributed by atoms with Crippen molar-refractivity contribution in [2.75, 3.05) is 40.0 Å². The van der Waals surface area contributed by atoms with E-state index in [1.807, 2.05) is 13.8 Å². The van der Waals surface area contributed by atoms with E-state index in [1.165, 1.54) is 11.4 Å². The average Bonchev–Trinajstić information content (AvgIpc) is 2.24. The SMILES string of the molecule is CNCC(=O)OC[C@H](CN(C)S(C)(=O)=O)OC(C)C. The molecule has 0 aromatic carbocycles. The average molecular weight is 296 g/mol. The van der Waals surface area contributed by atoms with Crippen molar-refractivity contribution >= 4 is 16.0 Å². The van der Waals surface area contributed by atoms with Crippen molar-refractivity contribution in [3.05, 3.63) is 0 Å². The molecule has 0 bridgehead atoms. The van der Waals surface area contributed by atoms with E-state index in [-0.39, 0.29) is 25.8 Å². The van der Waals surface area contributed by atoms with Crippen LogP contribution in [0.4, 0.5) is 0 Å². The summed E-state index contributed by atoms with van der Waals surface area (Å²) in [5.74, 6) is -0.401. The fourth-order valence-electron chi connectivity index (χ4n) is 1.32. The fraction of sp³-hybridized carbons (Fsp3) is 0.909. The standard InChI is InChI=1S/C11H24N2O5S/c1-9(2)18-10(7-13(4)19(5,15)16)8-17-11(14)6-12-3/h9-10,12H,6-8H2,1-5H3/t10-/m0/s1. The first kappa shape index (κ1) is 18.3.